The highest BCUT2D eigenvalue weighted by molar-refractivity contribution is 5.67. The quantitative estimate of drug-likeness (QED) is 0.825. The van der Waals surface area contributed by atoms with Crippen LogP contribution in [0.15, 0.2) is 42.5 Å². The maximum Gasteiger partial charge on any atom is 0.133 e. The Balaban J connectivity index is 2.58. The third kappa shape index (κ3) is 1.95. The lowest BCUT2D eigenvalue weighted by Crippen LogP contribution is -1.99. The number of hydrogen-bond acceptors (Lipinski definition) is 1. The van der Waals surface area contributed by atoms with E-state index < -0.39 is 11.6 Å². The van der Waals surface area contributed by atoms with E-state index >= 15 is 0 Å². The van der Waals surface area contributed by atoms with Crippen molar-refractivity contribution in [1.82, 2.24) is 0 Å². The van der Waals surface area contributed by atoms with Crippen LogP contribution in [0, 0.1) is 11.6 Å². The van der Waals surface area contributed by atoms with E-state index in [1.807, 2.05) is 12.1 Å². The van der Waals surface area contributed by atoms with Crippen molar-refractivity contribution in [3.63, 3.8) is 0 Å². The molecule has 0 unspecified atom stereocenters. The first-order valence-electron chi connectivity index (χ1n) is 4.96. The molecule has 0 fully saturated rings. The molecular weight excluding hydrogens is 208 g/mol. The van der Waals surface area contributed by atoms with Gasteiger partial charge in [-0.3, -0.25) is 0 Å². The van der Waals surface area contributed by atoms with Crippen LogP contribution in [0.3, 0.4) is 0 Å². The van der Waals surface area contributed by atoms with Gasteiger partial charge in [-0.1, -0.05) is 24.3 Å². The highest BCUT2D eigenvalue weighted by Gasteiger charge is 2.09. The maximum absolute atomic E-state index is 13.6. The van der Waals surface area contributed by atoms with E-state index in [0.717, 1.165) is 11.6 Å². The number of hydrogen-bond donors (Lipinski definition) is 1. The molecule has 0 saturated heterocycles. The molecule has 2 N–H and O–H groups in total. The fourth-order valence-electron chi connectivity index (χ4n) is 1.67. The van der Waals surface area contributed by atoms with E-state index in [0.29, 0.717) is 17.7 Å². The molecule has 2 aromatic rings. The SMILES string of the molecule is NCc1ccccc1-c1ccc(F)cc1F. The summed E-state index contributed by atoms with van der Waals surface area (Å²) < 4.78 is 26.4. The van der Waals surface area contributed by atoms with Crippen LogP contribution in [-0.2, 0) is 6.54 Å². The van der Waals surface area contributed by atoms with Crippen molar-refractivity contribution in [3.05, 3.63) is 59.7 Å². The van der Waals surface area contributed by atoms with Gasteiger partial charge in [0.25, 0.3) is 0 Å². The van der Waals surface area contributed by atoms with Crippen LogP contribution in [0.2, 0.25) is 0 Å². The molecule has 0 heterocycles. The molecule has 0 aromatic heterocycles. The van der Waals surface area contributed by atoms with E-state index in [4.69, 9.17) is 5.73 Å². The first-order chi connectivity index (χ1) is 7.72. The van der Waals surface area contributed by atoms with E-state index in [2.05, 4.69) is 0 Å². The molecule has 0 bridgehead atoms. The Morgan fingerprint density at radius 1 is 0.938 bits per heavy atom. The van der Waals surface area contributed by atoms with Crippen molar-refractivity contribution in [3.8, 4) is 11.1 Å². The summed E-state index contributed by atoms with van der Waals surface area (Å²) in [5.41, 5.74) is 7.50. The molecule has 0 radical (unpaired) electrons. The molecule has 1 nitrogen and oxygen atoms in total. The largest absolute Gasteiger partial charge is 0.326 e. The summed E-state index contributed by atoms with van der Waals surface area (Å²) in [6, 6.07) is 10.8. The Kier molecular flexibility index (Phi) is 2.97. The van der Waals surface area contributed by atoms with Crippen LogP contribution in [0.5, 0.6) is 0 Å². The van der Waals surface area contributed by atoms with Gasteiger partial charge >= 0.3 is 0 Å². The number of benzene rings is 2. The van der Waals surface area contributed by atoms with Gasteiger partial charge in [0.1, 0.15) is 11.6 Å². The van der Waals surface area contributed by atoms with Crippen LogP contribution >= 0.6 is 0 Å². The minimum Gasteiger partial charge on any atom is -0.326 e. The normalized spacial score (nSPS) is 10.4. The Labute approximate surface area is 92.5 Å². The van der Waals surface area contributed by atoms with Gasteiger partial charge in [0, 0.05) is 18.2 Å². The lowest BCUT2D eigenvalue weighted by atomic mass is 9.99. The maximum atomic E-state index is 13.6. The number of nitrogens with two attached hydrogens (primary N) is 1. The molecular formula is C13H11F2N. The van der Waals surface area contributed by atoms with Crippen molar-refractivity contribution >= 4 is 0 Å². The van der Waals surface area contributed by atoms with Gasteiger partial charge in [-0.05, 0) is 23.3 Å². The fraction of sp³-hybridized carbons (Fsp3) is 0.0769. The van der Waals surface area contributed by atoms with Gasteiger partial charge in [0.15, 0.2) is 0 Å². The fourth-order valence-corrected chi connectivity index (χ4v) is 1.67. The van der Waals surface area contributed by atoms with Crippen molar-refractivity contribution in [2.24, 2.45) is 5.73 Å². The molecule has 82 valence electrons. The highest BCUT2D eigenvalue weighted by Crippen LogP contribution is 2.26. The summed E-state index contributed by atoms with van der Waals surface area (Å²) in [6.07, 6.45) is 0. The van der Waals surface area contributed by atoms with Gasteiger partial charge in [-0.15, -0.1) is 0 Å². The molecule has 0 aliphatic rings. The van der Waals surface area contributed by atoms with Crippen LogP contribution < -0.4 is 5.73 Å². The Morgan fingerprint density at radius 2 is 1.69 bits per heavy atom. The van der Waals surface area contributed by atoms with Gasteiger partial charge in [0.2, 0.25) is 0 Å². The Hall–Kier alpha value is -1.74. The molecule has 2 rings (SSSR count). The van der Waals surface area contributed by atoms with E-state index in [9.17, 15) is 8.78 Å². The van der Waals surface area contributed by atoms with Crippen LogP contribution in [-0.4, -0.2) is 0 Å². The molecule has 0 atom stereocenters. The second-order valence-electron chi connectivity index (χ2n) is 3.49. The van der Waals surface area contributed by atoms with Gasteiger partial charge in [0.05, 0.1) is 0 Å². The Bertz CT molecular complexity index is 509. The van der Waals surface area contributed by atoms with Crippen molar-refractivity contribution in [2.75, 3.05) is 0 Å². The Morgan fingerprint density at radius 3 is 2.38 bits per heavy atom. The minimum absolute atomic E-state index is 0.326. The topological polar surface area (TPSA) is 26.0 Å². The van der Waals surface area contributed by atoms with Crippen molar-refractivity contribution in [2.45, 2.75) is 6.54 Å². The van der Waals surface area contributed by atoms with Crippen LogP contribution in [0.4, 0.5) is 8.78 Å². The highest BCUT2D eigenvalue weighted by atomic mass is 19.1. The first kappa shape index (κ1) is 10.8. The standard InChI is InChI=1S/C13H11F2N/c14-10-5-6-12(13(15)7-10)11-4-2-1-3-9(11)8-16/h1-7H,8,16H2. The molecule has 0 aliphatic heterocycles. The van der Waals surface area contributed by atoms with E-state index in [1.165, 1.54) is 12.1 Å². The average molecular weight is 219 g/mol. The van der Waals surface area contributed by atoms with Gasteiger partial charge in [-0.2, -0.15) is 0 Å². The number of rotatable bonds is 2. The molecule has 16 heavy (non-hydrogen) atoms. The second-order valence-corrected chi connectivity index (χ2v) is 3.49. The first-order valence-corrected chi connectivity index (χ1v) is 4.96. The summed E-state index contributed by atoms with van der Waals surface area (Å²) in [6.45, 7) is 0.326. The molecule has 0 saturated carbocycles. The summed E-state index contributed by atoms with van der Waals surface area (Å²) >= 11 is 0. The zero-order chi connectivity index (χ0) is 11.5. The molecule has 0 aliphatic carbocycles. The molecule has 0 spiro atoms. The molecule has 0 amide bonds. The summed E-state index contributed by atoms with van der Waals surface area (Å²) in [4.78, 5) is 0. The van der Waals surface area contributed by atoms with E-state index in [1.54, 1.807) is 12.1 Å². The van der Waals surface area contributed by atoms with Crippen LogP contribution in [0.1, 0.15) is 5.56 Å². The van der Waals surface area contributed by atoms with Crippen LogP contribution in [0.25, 0.3) is 11.1 Å². The summed E-state index contributed by atoms with van der Waals surface area (Å²) in [5, 5.41) is 0. The smallest absolute Gasteiger partial charge is 0.133 e. The lowest BCUT2D eigenvalue weighted by Gasteiger charge is -2.08. The predicted molar refractivity (Wildman–Crippen MR) is 59.7 cm³/mol. The van der Waals surface area contributed by atoms with Gasteiger partial charge < -0.3 is 5.73 Å². The van der Waals surface area contributed by atoms with Crippen molar-refractivity contribution < 1.29 is 8.78 Å². The monoisotopic (exact) mass is 219 g/mol. The van der Waals surface area contributed by atoms with Crippen molar-refractivity contribution in [1.29, 1.82) is 0 Å². The minimum atomic E-state index is -0.577. The molecule has 3 heteroatoms. The molecule has 2 aromatic carbocycles. The third-order valence-corrected chi connectivity index (χ3v) is 2.46. The lowest BCUT2D eigenvalue weighted by molar-refractivity contribution is 0.585. The number of halogens is 2. The average Bonchev–Trinajstić information content (AvgIpc) is 2.29. The predicted octanol–water partition coefficient (Wildman–Crippen LogP) is 3.09. The second kappa shape index (κ2) is 4.41. The third-order valence-electron chi connectivity index (χ3n) is 2.46. The van der Waals surface area contributed by atoms with E-state index in [-0.39, 0.29) is 0 Å². The zero-order valence-electron chi connectivity index (χ0n) is 8.58. The zero-order valence-corrected chi connectivity index (χ0v) is 8.58. The summed E-state index contributed by atoms with van der Waals surface area (Å²) in [5.74, 6) is -1.15. The summed E-state index contributed by atoms with van der Waals surface area (Å²) in [7, 11) is 0. The van der Waals surface area contributed by atoms with Gasteiger partial charge in [-0.25, -0.2) is 8.78 Å².